The first-order chi connectivity index (χ1) is 12.3. The lowest BCUT2D eigenvalue weighted by molar-refractivity contribution is 0.480. The van der Waals surface area contributed by atoms with Crippen molar-refractivity contribution < 1.29 is 0 Å². The highest BCUT2D eigenvalue weighted by Gasteiger charge is 2.18. The summed E-state index contributed by atoms with van der Waals surface area (Å²) in [5.41, 5.74) is 4.33. The fraction of sp³-hybridized carbons (Fsp3) is 0.333. The zero-order chi connectivity index (χ0) is 17.9. The fourth-order valence-corrected chi connectivity index (χ4v) is 2.79. The zero-order valence-electron chi connectivity index (χ0n) is 14.8. The van der Waals surface area contributed by atoms with E-state index in [1.54, 1.807) is 6.08 Å². The van der Waals surface area contributed by atoms with E-state index in [1.807, 2.05) is 43.5 Å². The van der Waals surface area contributed by atoms with Crippen LogP contribution in [0.2, 0.25) is 0 Å². The number of rotatable bonds is 5. The SMILES string of the molecule is C=CC.N#Cc1ccc(CCNCC2CNc3cccnc3C2)cc1. The van der Waals surface area contributed by atoms with Gasteiger partial charge in [0.1, 0.15) is 0 Å². The molecule has 0 fully saturated rings. The Labute approximate surface area is 150 Å². The van der Waals surface area contributed by atoms with Gasteiger partial charge in [-0.15, -0.1) is 6.58 Å². The van der Waals surface area contributed by atoms with Crippen molar-refractivity contribution in [1.82, 2.24) is 10.3 Å². The Bertz CT molecular complexity index is 701. The summed E-state index contributed by atoms with van der Waals surface area (Å²) >= 11 is 0. The van der Waals surface area contributed by atoms with Crippen molar-refractivity contribution in [1.29, 1.82) is 5.26 Å². The van der Waals surface area contributed by atoms with E-state index >= 15 is 0 Å². The summed E-state index contributed by atoms with van der Waals surface area (Å²) in [5.74, 6) is 0.586. The van der Waals surface area contributed by atoms with Gasteiger partial charge in [0.05, 0.1) is 23.0 Å². The van der Waals surface area contributed by atoms with Gasteiger partial charge in [-0.2, -0.15) is 5.26 Å². The summed E-state index contributed by atoms with van der Waals surface area (Å²) in [6, 6.07) is 14.0. The van der Waals surface area contributed by atoms with Crippen LogP contribution in [-0.2, 0) is 12.8 Å². The second-order valence-electron chi connectivity index (χ2n) is 6.12. The van der Waals surface area contributed by atoms with E-state index in [2.05, 4.69) is 34.3 Å². The number of aromatic nitrogens is 1. The van der Waals surface area contributed by atoms with Crippen LogP contribution in [0.15, 0.2) is 55.3 Å². The third kappa shape index (κ3) is 6.06. The van der Waals surface area contributed by atoms with Crippen LogP contribution in [-0.4, -0.2) is 24.6 Å². The Morgan fingerprint density at radius 2 is 2.12 bits per heavy atom. The molecular weight excluding hydrogens is 308 g/mol. The first-order valence-corrected chi connectivity index (χ1v) is 8.71. The van der Waals surface area contributed by atoms with E-state index < -0.39 is 0 Å². The Hall–Kier alpha value is -2.64. The molecule has 0 spiro atoms. The van der Waals surface area contributed by atoms with Crippen LogP contribution >= 0.6 is 0 Å². The summed E-state index contributed by atoms with van der Waals surface area (Å²) in [6.45, 7) is 8.21. The van der Waals surface area contributed by atoms with Crippen molar-refractivity contribution in [3.05, 3.63) is 72.1 Å². The number of fused-ring (bicyclic) bond motifs is 1. The summed E-state index contributed by atoms with van der Waals surface area (Å²) in [4.78, 5) is 4.45. The normalized spacial score (nSPS) is 15.0. The van der Waals surface area contributed by atoms with Crippen LogP contribution in [0.25, 0.3) is 0 Å². The Kier molecular flexibility index (Phi) is 7.68. The van der Waals surface area contributed by atoms with E-state index in [-0.39, 0.29) is 0 Å². The highest BCUT2D eigenvalue weighted by atomic mass is 14.9. The summed E-state index contributed by atoms with van der Waals surface area (Å²) in [6.07, 6.45) is 5.63. The van der Waals surface area contributed by atoms with Crippen LogP contribution in [0.4, 0.5) is 5.69 Å². The fourth-order valence-electron chi connectivity index (χ4n) is 2.79. The van der Waals surface area contributed by atoms with Crippen LogP contribution in [0.5, 0.6) is 0 Å². The Morgan fingerprint density at radius 1 is 1.36 bits per heavy atom. The lowest BCUT2D eigenvalue weighted by Crippen LogP contribution is -2.33. The summed E-state index contributed by atoms with van der Waals surface area (Å²) < 4.78 is 0. The van der Waals surface area contributed by atoms with Crippen LogP contribution in [0.1, 0.15) is 23.7 Å². The molecule has 2 N–H and O–H groups in total. The topological polar surface area (TPSA) is 60.7 Å². The molecule has 1 unspecified atom stereocenters. The monoisotopic (exact) mass is 334 g/mol. The molecule has 1 aliphatic rings. The third-order valence-electron chi connectivity index (χ3n) is 4.06. The maximum absolute atomic E-state index is 8.78. The first-order valence-electron chi connectivity index (χ1n) is 8.71. The largest absolute Gasteiger partial charge is 0.383 e. The minimum Gasteiger partial charge on any atom is -0.383 e. The number of nitrogens with zero attached hydrogens (tertiary/aromatic N) is 2. The molecule has 0 amide bonds. The van der Waals surface area contributed by atoms with E-state index in [0.29, 0.717) is 5.92 Å². The van der Waals surface area contributed by atoms with Gasteiger partial charge in [-0.3, -0.25) is 4.98 Å². The van der Waals surface area contributed by atoms with Crippen LogP contribution in [0.3, 0.4) is 0 Å². The number of benzene rings is 1. The molecule has 0 bridgehead atoms. The molecule has 1 aliphatic heterocycles. The van der Waals surface area contributed by atoms with Gasteiger partial charge in [-0.25, -0.2) is 0 Å². The maximum atomic E-state index is 8.78. The Morgan fingerprint density at radius 3 is 2.84 bits per heavy atom. The predicted octanol–water partition coefficient (Wildman–Crippen LogP) is 3.56. The van der Waals surface area contributed by atoms with Crippen molar-refractivity contribution in [3.8, 4) is 6.07 Å². The zero-order valence-corrected chi connectivity index (χ0v) is 14.8. The van der Waals surface area contributed by atoms with Crippen LogP contribution < -0.4 is 10.6 Å². The van der Waals surface area contributed by atoms with Gasteiger partial charge in [0.2, 0.25) is 0 Å². The van der Waals surface area contributed by atoms with Gasteiger partial charge in [0.25, 0.3) is 0 Å². The van der Waals surface area contributed by atoms with Gasteiger partial charge < -0.3 is 10.6 Å². The number of hydrogen-bond donors (Lipinski definition) is 2. The van der Waals surface area contributed by atoms with Crippen LogP contribution in [0, 0.1) is 17.2 Å². The molecule has 130 valence electrons. The molecule has 0 radical (unpaired) electrons. The molecule has 1 atom stereocenters. The smallest absolute Gasteiger partial charge is 0.0991 e. The van der Waals surface area contributed by atoms with Crippen molar-refractivity contribution in [2.24, 2.45) is 5.92 Å². The minimum atomic E-state index is 0.586. The quantitative estimate of drug-likeness (QED) is 0.648. The van der Waals surface area contributed by atoms with Crippen molar-refractivity contribution in [3.63, 3.8) is 0 Å². The standard InChI is InChI=1S/C18H20N4.C3H6/c19-11-15-5-3-14(4-6-15)7-9-20-12-16-10-18-17(22-13-16)2-1-8-21-18;1-3-2/h1-6,8,16,20,22H,7,9-10,12-13H2;3H,1H2,2H3. The molecule has 0 saturated heterocycles. The summed E-state index contributed by atoms with van der Waals surface area (Å²) in [7, 11) is 0. The molecule has 2 heterocycles. The molecular formula is C21H26N4. The molecule has 4 heteroatoms. The van der Waals surface area contributed by atoms with E-state index in [9.17, 15) is 0 Å². The van der Waals surface area contributed by atoms with E-state index in [1.165, 1.54) is 16.9 Å². The highest BCUT2D eigenvalue weighted by molar-refractivity contribution is 5.49. The second kappa shape index (κ2) is 10.3. The highest BCUT2D eigenvalue weighted by Crippen LogP contribution is 2.21. The van der Waals surface area contributed by atoms with E-state index in [0.717, 1.165) is 38.0 Å². The predicted molar refractivity (Wildman–Crippen MR) is 104 cm³/mol. The average Bonchev–Trinajstić information content (AvgIpc) is 2.66. The van der Waals surface area contributed by atoms with Gasteiger partial charge in [-0.05, 0) is 62.1 Å². The lowest BCUT2D eigenvalue weighted by atomic mass is 9.98. The van der Waals surface area contributed by atoms with Crippen molar-refractivity contribution >= 4 is 5.69 Å². The number of allylic oxidation sites excluding steroid dienone is 1. The molecule has 1 aromatic heterocycles. The third-order valence-corrected chi connectivity index (χ3v) is 4.06. The van der Waals surface area contributed by atoms with Gasteiger partial charge in [0.15, 0.2) is 0 Å². The number of pyridine rings is 1. The van der Waals surface area contributed by atoms with Crippen molar-refractivity contribution in [2.45, 2.75) is 19.8 Å². The van der Waals surface area contributed by atoms with E-state index in [4.69, 9.17) is 5.26 Å². The van der Waals surface area contributed by atoms with Gasteiger partial charge >= 0.3 is 0 Å². The molecule has 1 aromatic carbocycles. The van der Waals surface area contributed by atoms with Crippen molar-refractivity contribution in [2.75, 3.05) is 25.0 Å². The minimum absolute atomic E-state index is 0.586. The molecule has 4 nitrogen and oxygen atoms in total. The van der Waals surface area contributed by atoms with Gasteiger partial charge in [0, 0.05) is 19.3 Å². The summed E-state index contributed by atoms with van der Waals surface area (Å²) in [5, 5.41) is 15.8. The maximum Gasteiger partial charge on any atom is 0.0991 e. The number of nitriles is 1. The Balaban J connectivity index is 0.000000701. The average molecular weight is 334 g/mol. The molecule has 0 aliphatic carbocycles. The number of hydrogen-bond acceptors (Lipinski definition) is 4. The number of nitrogens with one attached hydrogen (secondary N) is 2. The van der Waals surface area contributed by atoms with Gasteiger partial charge in [-0.1, -0.05) is 18.2 Å². The molecule has 25 heavy (non-hydrogen) atoms. The molecule has 0 saturated carbocycles. The first kappa shape index (κ1) is 18.7. The molecule has 3 rings (SSSR count). The second-order valence-corrected chi connectivity index (χ2v) is 6.12. The lowest BCUT2D eigenvalue weighted by Gasteiger charge is -2.25. The molecule has 2 aromatic rings. The number of anilines is 1.